The molecule has 29 heavy (non-hydrogen) atoms. The SMILES string of the molecule is NC(=O)N1CCn2ncc(C(=O)NC34CCC(c5ccccc5)(CC3)CC4)c2C1. The fourth-order valence-corrected chi connectivity index (χ4v) is 5.53. The minimum absolute atomic E-state index is 0.0771. The number of amides is 3. The molecule has 0 atom stereocenters. The minimum atomic E-state index is -0.459. The number of carbonyl (C=O) groups excluding carboxylic acids is 2. The van der Waals surface area contributed by atoms with Gasteiger partial charge in [0, 0.05) is 12.1 Å². The maximum Gasteiger partial charge on any atom is 0.315 e. The lowest BCUT2D eigenvalue weighted by Gasteiger charge is -2.54. The molecule has 3 N–H and O–H groups in total. The van der Waals surface area contributed by atoms with Crippen LogP contribution in [0.5, 0.6) is 0 Å². The average molecular weight is 393 g/mol. The Labute approximate surface area is 170 Å². The number of primary amides is 1. The monoisotopic (exact) mass is 393 g/mol. The van der Waals surface area contributed by atoms with Crippen molar-refractivity contribution >= 4 is 11.9 Å². The molecule has 2 bridgehead atoms. The Morgan fingerprint density at radius 1 is 1.00 bits per heavy atom. The zero-order valence-corrected chi connectivity index (χ0v) is 16.6. The molecule has 3 amide bonds. The van der Waals surface area contributed by atoms with E-state index in [0.717, 1.165) is 44.2 Å². The molecule has 6 rings (SSSR count). The van der Waals surface area contributed by atoms with Gasteiger partial charge in [-0.1, -0.05) is 30.3 Å². The van der Waals surface area contributed by atoms with Crippen LogP contribution in [0.1, 0.15) is 60.1 Å². The van der Waals surface area contributed by atoms with Gasteiger partial charge in [0.2, 0.25) is 0 Å². The number of nitrogens with one attached hydrogen (secondary N) is 1. The van der Waals surface area contributed by atoms with Crippen LogP contribution in [-0.4, -0.2) is 38.7 Å². The lowest BCUT2D eigenvalue weighted by Crippen LogP contribution is -2.57. The van der Waals surface area contributed by atoms with Gasteiger partial charge >= 0.3 is 6.03 Å². The Morgan fingerprint density at radius 2 is 1.69 bits per heavy atom. The number of benzene rings is 1. The smallest absolute Gasteiger partial charge is 0.315 e. The third-order valence-corrected chi connectivity index (χ3v) is 7.44. The number of rotatable bonds is 3. The largest absolute Gasteiger partial charge is 0.351 e. The molecule has 4 aliphatic rings. The minimum Gasteiger partial charge on any atom is -0.351 e. The maximum atomic E-state index is 13.2. The first-order valence-corrected chi connectivity index (χ1v) is 10.5. The summed E-state index contributed by atoms with van der Waals surface area (Å²) in [6, 6.07) is 10.4. The molecule has 7 nitrogen and oxygen atoms in total. The molecule has 7 heteroatoms. The summed E-state index contributed by atoms with van der Waals surface area (Å²) in [6.45, 7) is 1.43. The van der Waals surface area contributed by atoms with Crippen LogP contribution in [0.3, 0.4) is 0 Å². The van der Waals surface area contributed by atoms with Gasteiger partial charge in [0.15, 0.2) is 0 Å². The van der Waals surface area contributed by atoms with E-state index in [1.807, 2.05) is 4.68 Å². The summed E-state index contributed by atoms with van der Waals surface area (Å²) in [4.78, 5) is 26.3. The topological polar surface area (TPSA) is 93.2 Å². The Morgan fingerprint density at radius 3 is 2.34 bits per heavy atom. The predicted molar refractivity (Wildman–Crippen MR) is 108 cm³/mol. The molecule has 1 aromatic carbocycles. The predicted octanol–water partition coefficient (Wildman–Crippen LogP) is 2.55. The number of nitrogens with two attached hydrogens (primary N) is 1. The van der Waals surface area contributed by atoms with Gasteiger partial charge in [-0.25, -0.2) is 4.79 Å². The van der Waals surface area contributed by atoms with Crippen molar-refractivity contribution < 1.29 is 9.59 Å². The van der Waals surface area contributed by atoms with Crippen molar-refractivity contribution in [3.8, 4) is 0 Å². The zero-order chi connectivity index (χ0) is 20.1. The van der Waals surface area contributed by atoms with E-state index >= 15 is 0 Å². The van der Waals surface area contributed by atoms with Gasteiger partial charge in [0.05, 0.1) is 30.5 Å². The van der Waals surface area contributed by atoms with Crippen molar-refractivity contribution in [2.45, 2.75) is 62.6 Å². The van der Waals surface area contributed by atoms with Gasteiger partial charge in [-0.15, -0.1) is 0 Å². The van der Waals surface area contributed by atoms with E-state index in [0.29, 0.717) is 25.2 Å². The van der Waals surface area contributed by atoms with Crippen LogP contribution < -0.4 is 11.1 Å². The second-order valence-electron chi connectivity index (χ2n) is 8.87. The van der Waals surface area contributed by atoms with Crippen molar-refractivity contribution in [3.05, 3.63) is 53.3 Å². The fraction of sp³-hybridized carbons (Fsp3) is 0.500. The van der Waals surface area contributed by atoms with E-state index in [9.17, 15) is 9.59 Å². The second kappa shape index (κ2) is 6.61. The van der Waals surface area contributed by atoms with E-state index in [2.05, 4.69) is 40.7 Å². The summed E-state index contributed by atoms with van der Waals surface area (Å²) in [5.41, 5.74) is 8.36. The van der Waals surface area contributed by atoms with Crippen LogP contribution in [0, 0.1) is 0 Å². The lowest BCUT2D eigenvalue weighted by molar-refractivity contribution is 0.0602. The molecule has 1 aliphatic heterocycles. The Balaban J connectivity index is 1.31. The summed E-state index contributed by atoms with van der Waals surface area (Å²) < 4.78 is 1.81. The van der Waals surface area contributed by atoms with E-state index in [-0.39, 0.29) is 16.9 Å². The molecule has 0 unspecified atom stereocenters. The number of nitrogens with zero attached hydrogens (tertiary/aromatic N) is 3. The van der Waals surface area contributed by atoms with Crippen molar-refractivity contribution in [1.29, 1.82) is 0 Å². The van der Waals surface area contributed by atoms with Crippen molar-refractivity contribution in [2.75, 3.05) is 6.54 Å². The first kappa shape index (κ1) is 18.2. The van der Waals surface area contributed by atoms with Crippen LogP contribution in [0.4, 0.5) is 4.79 Å². The van der Waals surface area contributed by atoms with Crippen molar-refractivity contribution in [2.24, 2.45) is 5.73 Å². The van der Waals surface area contributed by atoms with E-state index < -0.39 is 6.03 Å². The Kier molecular flexibility index (Phi) is 4.15. The van der Waals surface area contributed by atoms with Gasteiger partial charge in [0.25, 0.3) is 5.91 Å². The number of aromatic nitrogens is 2. The van der Waals surface area contributed by atoms with E-state index in [1.165, 1.54) is 5.56 Å². The van der Waals surface area contributed by atoms with E-state index in [1.54, 1.807) is 11.1 Å². The number of hydrogen-bond donors (Lipinski definition) is 2. The highest BCUT2D eigenvalue weighted by molar-refractivity contribution is 5.95. The van der Waals surface area contributed by atoms with Crippen LogP contribution in [-0.2, 0) is 18.5 Å². The molecule has 0 spiro atoms. The fourth-order valence-electron chi connectivity index (χ4n) is 5.53. The maximum absolute atomic E-state index is 13.2. The molecular formula is C22H27N5O2. The molecule has 3 saturated carbocycles. The average Bonchev–Trinajstić information content (AvgIpc) is 3.19. The molecule has 152 valence electrons. The van der Waals surface area contributed by atoms with Gasteiger partial charge in [-0.2, -0.15) is 5.10 Å². The third kappa shape index (κ3) is 2.99. The second-order valence-corrected chi connectivity index (χ2v) is 8.87. The molecular weight excluding hydrogens is 366 g/mol. The van der Waals surface area contributed by atoms with Gasteiger partial charge < -0.3 is 16.0 Å². The highest BCUT2D eigenvalue weighted by Gasteiger charge is 2.50. The molecule has 0 saturated heterocycles. The first-order chi connectivity index (χ1) is 14.0. The van der Waals surface area contributed by atoms with Crippen LogP contribution in [0.2, 0.25) is 0 Å². The number of hydrogen-bond acceptors (Lipinski definition) is 3. The normalized spacial score (nSPS) is 28.1. The summed E-state index contributed by atoms with van der Waals surface area (Å²) in [5.74, 6) is -0.0771. The first-order valence-electron chi connectivity index (χ1n) is 10.5. The highest BCUT2D eigenvalue weighted by atomic mass is 16.2. The highest BCUT2D eigenvalue weighted by Crippen LogP contribution is 2.53. The Bertz CT molecular complexity index is 927. The molecule has 3 aliphatic carbocycles. The van der Waals surface area contributed by atoms with Crippen LogP contribution in [0.25, 0.3) is 0 Å². The van der Waals surface area contributed by atoms with Gasteiger partial charge in [-0.05, 0) is 49.5 Å². The number of urea groups is 1. The Hall–Kier alpha value is -2.83. The molecule has 0 radical (unpaired) electrons. The number of carbonyl (C=O) groups is 2. The lowest BCUT2D eigenvalue weighted by atomic mass is 9.55. The molecule has 2 aromatic rings. The molecule has 2 heterocycles. The zero-order valence-electron chi connectivity index (χ0n) is 16.6. The third-order valence-electron chi connectivity index (χ3n) is 7.44. The van der Waals surface area contributed by atoms with Crippen molar-refractivity contribution in [1.82, 2.24) is 20.0 Å². The van der Waals surface area contributed by atoms with Crippen LogP contribution in [0.15, 0.2) is 36.5 Å². The molecule has 1 aromatic heterocycles. The van der Waals surface area contributed by atoms with Crippen LogP contribution >= 0.6 is 0 Å². The van der Waals surface area contributed by atoms with Gasteiger partial charge in [-0.3, -0.25) is 9.48 Å². The van der Waals surface area contributed by atoms with E-state index in [4.69, 9.17) is 5.73 Å². The summed E-state index contributed by atoms with van der Waals surface area (Å²) >= 11 is 0. The van der Waals surface area contributed by atoms with Crippen molar-refractivity contribution in [3.63, 3.8) is 0 Å². The summed E-state index contributed by atoms with van der Waals surface area (Å²) in [6.07, 6.45) is 7.97. The summed E-state index contributed by atoms with van der Waals surface area (Å²) in [5, 5.41) is 7.71. The molecule has 3 fully saturated rings. The van der Waals surface area contributed by atoms with Gasteiger partial charge in [0.1, 0.15) is 0 Å². The standard InChI is InChI=1S/C22H27N5O2/c23-20(29)26-12-13-27-18(15-26)17(14-24-27)19(28)25-22-9-6-21(7-10-22,8-11-22)16-4-2-1-3-5-16/h1-5,14H,6-13,15H2,(H2,23,29)(H,25,28). The quantitative estimate of drug-likeness (QED) is 0.839. The summed E-state index contributed by atoms with van der Waals surface area (Å²) in [7, 11) is 0. The number of fused-ring (bicyclic) bond motifs is 4.